The van der Waals surface area contributed by atoms with Gasteiger partial charge in [-0.25, -0.2) is 4.39 Å². The predicted octanol–water partition coefficient (Wildman–Crippen LogP) is 2.34. The highest BCUT2D eigenvalue weighted by Gasteiger charge is 2.34. The Morgan fingerprint density at radius 3 is 2.86 bits per heavy atom. The zero-order chi connectivity index (χ0) is 15.5. The largest absolute Gasteiger partial charge is 0.392 e. The van der Waals surface area contributed by atoms with Gasteiger partial charge in [0.1, 0.15) is 5.82 Å². The molecular weight excluding hydrogens is 285 g/mol. The van der Waals surface area contributed by atoms with Crippen molar-refractivity contribution >= 4 is 6.08 Å². The first-order valence-corrected chi connectivity index (χ1v) is 7.26. The van der Waals surface area contributed by atoms with Gasteiger partial charge in [0.15, 0.2) is 5.82 Å². The second-order valence-corrected chi connectivity index (χ2v) is 5.49. The third kappa shape index (κ3) is 3.40. The monoisotopic (exact) mass is 303 g/mol. The molecule has 2 aromatic rings. The number of aryl methyl sites for hydroxylation is 1. The van der Waals surface area contributed by atoms with Crippen LogP contribution in [0.15, 0.2) is 34.9 Å². The normalized spacial score (nSPS) is 22.7. The van der Waals surface area contributed by atoms with E-state index in [2.05, 4.69) is 15.0 Å². The molecule has 1 aliphatic heterocycles. The molecule has 6 heteroatoms. The van der Waals surface area contributed by atoms with Gasteiger partial charge in [-0.2, -0.15) is 4.98 Å². The van der Waals surface area contributed by atoms with Crippen LogP contribution in [-0.4, -0.2) is 39.3 Å². The van der Waals surface area contributed by atoms with E-state index in [1.807, 2.05) is 12.2 Å². The predicted molar refractivity (Wildman–Crippen MR) is 79.4 cm³/mol. The Hall–Kier alpha value is -2.05. The molecule has 0 aliphatic carbocycles. The Balaban J connectivity index is 1.66. The van der Waals surface area contributed by atoms with E-state index in [0.29, 0.717) is 31.2 Å². The van der Waals surface area contributed by atoms with E-state index >= 15 is 0 Å². The molecule has 3 rings (SSSR count). The molecule has 22 heavy (non-hydrogen) atoms. The Morgan fingerprint density at radius 2 is 2.18 bits per heavy atom. The summed E-state index contributed by atoms with van der Waals surface area (Å²) in [4.78, 5) is 6.35. The van der Waals surface area contributed by atoms with Gasteiger partial charge in [-0.15, -0.1) is 0 Å². The maximum absolute atomic E-state index is 12.9. The SMILES string of the molecule is Cc1noc([C@H]2C[C@@H](O)CN2C/C=C/c2ccc(F)cc2)n1. The van der Waals surface area contributed by atoms with Crippen LogP contribution in [0.4, 0.5) is 4.39 Å². The highest BCUT2D eigenvalue weighted by Crippen LogP contribution is 2.30. The van der Waals surface area contributed by atoms with E-state index in [0.717, 1.165) is 5.56 Å². The summed E-state index contributed by atoms with van der Waals surface area (Å²) in [6.45, 7) is 3.00. The van der Waals surface area contributed by atoms with Gasteiger partial charge in [0.05, 0.1) is 12.1 Å². The van der Waals surface area contributed by atoms with Gasteiger partial charge < -0.3 is 9.63 Å². The number of hydrogen-bond acceptors (Lipinski definition) is 5. The molecular formula is C16H18FN3O2. The Kier molecular flexibility index (Phi) is 4.31. The fourth-order valence-electron chi connectivity index (χ4n) is 2.68. The highest BCUT2D eigenvalue weighted by molar-refractivity contribution is 5.49. The van der Waals surface area contributed by atoms with Gasteiger partial charge in [0, 0.05) is 13.1 Å². The first kappa shape index (κ1) is 14.9. The summed E-state index contributed by atoms with van der Waals surface area (Å²) >= 11 is 0. The van der Waals surface area contributed by atoms with Crippen molar-refractivity contribution in [1.29, 1.82) is 0 Å². The number of halogens is 1. The summed E-state index contributed by atoms with van der Waals surface area (Å²) in [6, 6.07) is 6.26. The van der Waals surface area contributed by atoms with Crippen LogP contribution in [0.2, 0.25) is 0 Å². The van der Waals surface area contributed by atoms with Gasteiger partial charge in [-0.3, -0.25) is 4.90 Å². The first-order valence-electron chi connectivity index (χ1n) is 7.26. The molecule has 2 heterocycles. The molecule has 1 saturated heterocycles. The average molecular weight is 303 g/mol. The quantitative estimate of drug-likeness (QED) is 0.939. The number of likely N-dealkylation sites (tertiary alicyclic amines) is 1. The van der Waals surface area contributed by atoms with Crippen molar-refractivity contribution in [3.63, 3.8) is 0 Å². The standard InChI is InChI=1S/C16H18FN3O2/c1-11-18-16(22-19-11)15-9-14(21)10-20(15)8-2-3-12-4-6-13(17)7-5-12/h2-7,14-15,21H,8-10H2,1H3/b3-2+/t14-,15-/m1/s1. The van der Waals surface area contributed by atoms with Crippen molar-refractivity contribution < 1.29 is 14.0 Å². The minimum Gasteiger partial charge on any atom is -0.392 e. The van der Waals surface area contributed by atoms with E-state index in [1.54, 1.807) is 19.1 Å². The molecule has 1 N–H and O–H groups in total. The van der Waals surface area contributed by atoms with E-state index in [-0.39, 0.29) is 11.9 Å². The second-order valence-electron chi connectivity index (χ2n) is 5.49. The van der Waals surface area contributed by atoms with Crippen molar-refractivity contribution in [2.45, 2.75) is 25.5 Å². The van der Waals surface area contributed by atoms with Gasteiger partial charge in [-0.05, 0) is 31.0 Å². The third-order valence-corrected chi connectivity index (χ3v) is 3.73. The summed E-state index contributed by atoms with van der Waals surface area (Å²) in [5.74, 6) is 0.897. The van der Waals surface area contributed by atoms with E-state index in [9.17, 15) is 9.50 Å². The van der Waals surface area contributed by atoms with Crippen molar-refractivity contribution in [1.82, 2.24) is 15.0 Å². The number of aliphatic hydroxyl groups is 1. The molecule has 2 atom stereocenters. The number of β-amino-alcohol motifs (C(OH)–C–C–N with tert-alkyl or cyclic N) is 1. The molecule has 0 amide bonds. The maximum atomic E-state index is 12.9. The summed E-state index contributed by atoms with van der Waals surface area (Å²) in [5, 5.41) is 13.7. The second kappa shape index (κ2) is 6.37. The number of aromatic nitrogens is 2. The zero-order valence-electron chi connectivity index (χ0n) is 12.3. The van der Waals surface area contributed by atoms with Gasteiger partial charge >= 0.3 is 0 Å². The molecule has 0 spiro atoms. The highest BCUT2D eigenvalue weighted by atomic mass is 19.1. The zero-order valence-corrected chi connectivity index (χ0v) is 12.3. The molecule has 1 aliphatic rings. The molecule has 0 unspecified atom stereocenters. The lowest BCUT2D eigenvalue weighted by atomic mass is 10.2. The van der Waals surface area contributed by atoms with E-state index < -0.39 is 6.10 Å². The van der Waals surface area contributed by atoms with Crippen molar-refractivity contribution in [2.75, 3.05) is 13.1 Å². The molecule has 116 valence electrons. The molecule has 1 aromatic heterocycles. The van der Waals surface area contributed by atoms with Crippen LogP contribution in [0, 0.1) is 12.7 Å². The topological polar surface area (TPSA) is 62.4 Å². The number of hydrogen-bond donors (Lipinski definition) is 1. The number of rotatable bonds is 4. The van der Waals surface area contributed by atoms with Crippen molar-refractivity contribution in [3.8, 4) is 0 Å². The lowest BCUT2D eigenvalue weighted by Gasteiger charge is -2.18. The molecule has 1 aromatic carbocycles. The van der Waals surface area contributed by atoms with E-state index in [4.69, 9.17) is 4.52 Å². The van der Waals surface area contributed by atoms with Crippen LogP contribution in [0.3, 0.4) is 0 Å². The lowest BCUT2D eigenvalue weighted by molar-refractivity contribution is 0.178. The Bertz CT molecular complexity index is 654. The molecule has 0 bridgehead atoms. The molecule has 0 radical (unpaired) electrons. The average Bonchev–Trinajstić information content (AvgIpc) is 3.07. The Morgan fingerprint density at radius 1 is 1.41 bits per heavy atom. The molecule has 1 fully saturated rings. The summed E-state index contributed by atoms with van der Waals surface area (Å²) in [7, 11) is 0. The minimum atomic E-state index is -0.392. The van der Waals surface area contributed by atoms with E-state index in [1.165, 1.54) is 12.1 Å². The fourth-order valence-corrected chi connectivity index (χ4v) is 2.68. The van der Waals surface area contributed by atoms with Crippen molar-refractivity contribution in [2.24, 2.45) is 0 Å². The smallest absolute Gasteiger partial charge is 0.244 e. The fraction of sp³-hybridized carbons (Fsp3) is 0.375. The van der Waals surface area contributed by atoms with Crippen LogP contribution in [0.1, 0.15) is 29.7 Å². The maximum Gasteiger partial charge on any atom is 0.244 e. The van der Waals surface area contributed by atoms with Gasteiger partial charge in [0.2, 0.25) is 5.89 Å². The van der Waals surface area contributed by atoms with Crippen LogP contribution in [-0.2, 0) is 0 Å². The van der Waals surface area contributed by atoms with Gasteiger partial charge in [0.25, 0.3) is 0 Å². The Labute approximate surface area is 128 Å². The molecule has 5 nitrogen and oxygen atoms in total. The van der Waals surface area contributed by atoms with Gasteiger partial charge in [-0.1, -0.05) is 29.4 Å². The van der Waals surface area contributed by atoms with Crippen molar-refractivity contribution in [3.05, 3.63) is 53.4 Å². The number of aliphatic hydroxyl groups excluding tert-OH is 1. The number of nitrogens with zero attached hydrogens (tertiary/aromatic N) is 3. The summed E-state index contributed by atoms with van der Waals surface area (Å²) in [5.41, 5.74) is 0.936. The number of benzene rings is 1. The first-order chi connectivity index (χ1) is 10.6. The lowest BCUT2D eigenvalue weighted by Crippen LogP contribution is -2.25. The summed E-state index contributed by atoms with van der Waals surface area (Å²) < 4.78 is 18.1. The third-order valence-electron chi connectivity index (χ3n) is 3.73. The van der Waals surface area contributed by atoms with Crippen LogP contribution in [0.25, 0.3) is 6.08 Å². The minimum absolute atomic E-state index is 0.0610. The van der Waals surface area contributed by atoms with Crippen LogP contribution in [0.5, 0.6) is 0 Å². The summed E-state index contributed by atoms with van der Waals surface area (Å²) in [6.07, 6.45) is 4.12. The van der Waals surface area contributed by atoms with Crippen LogP contribution >= 0.6 is 0 Å². The molecule has 0 saturated carbocycles. The van der Waals surface area contributed by atoms with Crippen LogP contribution < -0.4 is 0 Å².